The standard InChI is InChI=1S/C10H17NO3/c1-10(2)8-11(6-7-14-10)5-4-9(12)13-3/h4-5H,6-8H2,1-3H3. The molecule has 4 heteroatoms. The summed E-state index contributed by atoms with van der Waals surface area (Å²) in [5, 5.41) is 0. The molecule has 0 bridgehead atoms. The quantitative estimate of drug-likeness (QED) is 0.486. The van der Waals surface area contributed by atoms with Gasteiger partial charge in [-0.1, -0.05) is 0 Å². The Balaban J connectivity index is 2.45. The molecule has 0 saturated carbocycles. The molecule has 1 aliphatic rings. The first-order valence-corrected chi connectivity index (χ1v) is 4.68. The summed E-state index contributed by atoms with van der Waals surface area (Å²) in [6.07, 6.45) is 3.19. The van der Waals surface area contributed by atoms with Crippen LogP contribution in [0.2, 0.25) is 0 Å². The number of morpholine rings is 1. The minimum Gasteiger partial charge on any atom is -0.466 e. The van der Waals surface area contributed by atoms with Gasteiger partial charge in [0.15, 0.2) is 0 Å². The summed E-state index contributed by atoms with van der Waals surface area (Å²) in [6, 6.07) is 0. The van der Waals surface area contributed by atoms with Crippen LogP contribution in [0.15, 0.2) is 12.3 Å². The van der Waals surface area contributed by atoms with Crippen molar-refractivity contribution in [1.82, 2.24) is 4.90 Å². The molecule has 0 aromatic carbocycles. The predicted octanol–water partition coefficient (Wildman–Crippen LogP) is 0.784. The first-order chi connectivity index (χ1) is 6.53. The van der Waals surface area contributed by atoms with Crippen molar-refractivity contribution < 1.29 is 14.3 Å². The number of nitrogens with zero attached hydrogens (tertiary/aromatic N) is 1. The monoisotopic (exact) mass is 199 g/mol. The first-order valence-electron chi connectivity index (χ1n) is 4.68. The molecule has 0 spiro atoms. The van der Waals surface area contributed by atoms with E-state index in [0.717, 1.165) is 13.1 Å². The fourth-order valence-electron chi connectivity index (χ4n) is 1.41. The van der Waals surface area contributed by atoms with E-state index in [0.29, 0.717) is 6.61 Å². The normalized spacial score (nSPS) is 21.2. The fourth-order valence-corrected chi connectivity index (χ4v) is 1.41. The summed E-state index contributed by atoms with van der Waals surface area (Å²) in [7, 11) is 1.37. The molecule has 0 aliphatic carbocycles. The molecule has 4 nitrogen and oxygen atoms in total. The Hall–Kier alpha value is -1.03. The van der Waals surface area contributed by atoms with E-state index in [1.54, 1.807) is 6.20 Å². The lowest BCUT2D eigenvalue weighted by Gasteiger charge is -2.37. The van der Waals surface area contributed by atoms with E-state index in [1.807, 2.05) is 13.8 Å². The van der Waals surface area contributed by atoms with Crippen molar-refractivity contribution >= 4 is 5.97 Å². The van der Waals surface area contributed by atoms with Crippen LogP contribution in [0.25, 0.3) is 0 Å². The van der Waals surface area contributed by atoms with Gasteiger partial charge in [0.05, 0.1) is 19.3 Å². The van der Waals surface area contributed by atoms with Crippen LogP contribution in [-0.2, 0) is 14.3 Å². The van der Waals surface area contributed by atoms with E-state index >= 15 is 0 Å². The molecule has 80 valence electrons. The number of esters is 1. The largest absolute Gasteiger partial charge is 0.466 e. The number of hydrogen-bond acceptors (Lipinski definition) is 4. The van der Waals surface area contributed by atoms with Crippen molar-refractivity contribution in [3.63, 3.8) is 0 Å². The van der Waals surface area contributed by atoms with Gasteiger partial charge in [0.1, 0.15) is 0 Å². The van der Waals surface area contributed by atoms with Gasteiger partial charge in [-0.05, 0) is 13.8 Å². The van der Waals surface area contributed by atoms with E-state index in [4.69, 9.17) is 4.74 Å². The molecule has 1 fully saturated rings. The summed E-state index contributed by atoms with van der Waals surface area (Å²) >= 11 is 0. The van der Waals surface area contributed by atoms with Crippen LogP contribution in [0.3, 0.4) is 0 Å². The lowest BCUT2D eigenvalue weighted by molar-refractivity contribution is -0.135. The molecule has 1 saturated heterocycles. The van der Waals surface area contributed by atoms with E-state index in [9.17, 15) is 4.79 Å². The molecule has 0 N–H and O–H groups in total. The van der Waals surface area contributed by atoms with Crippen LogP contribution in [0.1, 0.15) is 13.8 Å². The zero-order chi connectivity index (χ0) is 10.6. The van der Waals surface area contributed by atoms with Crippen LogP contribution >= 0.6 is 0 Å². The number of methoxy groups -OCH3 is 1. The Morgan fingerprint density at radius 2 is 2.29 bits per heavy atom. The zero-order valence-electron chi connectivity index (χ0n) is 8.95. The highest BCUT2D eigenvalue weighted by molar-refractivity contribution is 5.81. The minimum absolute atomic E-state index is 0.140. The van der Waals surface area contributed by atoms with E-state index in [1.165, 1.54) is 13.2 Å². The highest BCUT2D eigenvalue weighted by Gasteiger charge is 2.25. The van der Waals surface area contributed by atoms with E-state index in [-0.39, 0.29) is 11.6 Å². The fraction of sp³-hybridized carbons (Fsp3) is 0.700. The zero-order valence-corrected chi connectivity index (χ0v) is 8.95. The topological polar surface area (TPSA) is 38.8 Å². The van der Waals surface area contributed by atoms with Crippen LogP contribution in [0.4, 0.5) is 0 Å². The molecular formula is C10H17NO3. The SMILES string of the molecule is COC(=O)C=CN1CCOC(C)(C)C1. The summed E-state index contributed by atoms with van der Waals surface area (Å²) in [6.45, 7) is 6.37. The number of rotatable bonds is 2. The average Bonchev–Trinajstić information content (AvgIpc) is 2.12. The van der Waals surface area contributed by atoms with Crippen LogP contribution in [-0.4, -0.2) is 43.3 Å². The molecule has 0 atom stereocenters. The van der Waals surface area contributed by atoms with Gasteiger partial charge < -0.3 is 14.4 Å². The average molecular weight is 199 g/mol. The maximum Gasteiger partial charge on any atom is 0.331 e. The number of carbonyl (C=O) groups is 1. The van der Waals surface area contributed by atoms with Gasteiger partial charge in [-0.25, -0.2) is 4.79 Å². The van der Waals surface area contributed by atoms with Crippen LogP contribution < -0.4 is 0 Å². The highest BCUT2D eigenvalue weighted by atomic mass is 16.5. The molecule has 1 aliphatic heterocycles. The molecule has 0 aromatic rings. The predicted molar refractivity (Wildman–Crippen MR) is 52.8 cm³/mol. The highest BCUT2D eigenvalue weighted by Crippen LogP contribution is 2.16. The van der Waals surface area contributed by atoms with Crippen LogP contribution in [0.5, 0.6) is 0 Å². The summed E-state index contributed by atoms with van der Waals surface area (Å²) < 4.78 is 10.0. The number of carbonyl (C=O) groups excluding carboxylic acids is 1. The lowest BCUT2D eigenvalue weighted by atomic mass is 10.1. The first kappa shape index (κ1) is 11.0. The van der Waals surface area contributed by atoms with Gasteiger partial charge in [0, 0.05) is 25.4 Å². The Morgan fingerprint density at radius 3 is 2.86 bits per heavy atom. The summed E-state index contributed by atoms with van der Waals surface area (Å²) in [5.41, 5.74) is -0.140. The molecule has 1 heterocycles. The van der Waals surface area contributed by atoms with E-state index in [2.05, 4.69) is 9.64 Å². The van der Waals surface area contributed by atoms with E-state index < -0.39 is 0 Å². The Labute approximate surface area is 84.5 Å². The minimum atomic E-state index is -0.325. The Kier molecular flexibility index (Phi) is 3.52. The second kappa shape index (κ2) is 4.46. The van der Waals surface area contributed by atoms with Crippen molar-refractivity contribution in [2.75, 3.05) is 26.8 Å². The van der Waals surface area contributed by atoms with Crippen molar-refractivity contribution in [1.29, 1.82) is 0 Å². The van der Waals surface area contributed by atoms with Gasteiger partial charge >= 0.3 is 5.97 Å². The summed E-state index contributed by atoms with van der Waals surface area (Å²) in [5.74, 6) is -0.325. The third kappa shape index (κ3) is 3.38. The smallest absolute Gasteiger partial charge is 0.331 e. The van der Waals surface area contributed by atoms with Crippen molar-refractivity contribution in [3.05, 3.63) is 12.3 Å². The molecular weight excluding hydrogens is 182 g/mol. The van der Waals surface area contributed by atoms with Gasteiger partial charge in [0.2, 0.25) is 0 Å². The van der Waals surface area contributed by atoms with Crippen molar-refractivity contribution in [2.24, 2.45) is 0 Å². The molecule has 14 heavy (non-hydrogen) atoms. The lowest BCUT2D eigenvalue weighted by Crippen LogP contribution is -2.45. The van der Waals surface area contributed by atoms with Crippen molar-refractivity contribution in [3.8, 4) is 0 Å². The van der Waals surface area contributed by atoms with Gasteiger partial charge in [-0.3, -0.25) is 0 Å². The van der Waals surface area contributed by atoms with Gasteiger partial charge in [0.25, 0.3) is 0 Å². The maximum atomic E-state index is 10.8. The van der Waals surface area contributed by atoms with Crippen LogP contribution in [0, 0.1) is 0 Å². The molecule has 0 unspecified atom stereocenters. The molecule has 0 radical (unpaired) electrons. The molecule has 0 aromatic heterocycles. The number of hydrogen-bond donors (Lipinski definition) is 0. The molecule has 0 amide bonds. The van der Waals surface area contributed by atoms with Gasteiger partial charge in [-0.2, -0.15) is 0 Å². The van der Waals surface area contributed by atoms with Gasteiger partial charge in [-0.15, -0.1) is 0 Å². The maximum absolute atomic E-state index is 10.8. The number of ether oxygens (including phenoxy) is 2. The second-order valence-electron chi connectivity index (χ2n) is 3.92. The summed E-state index contributed by atoms with van der Waals surface area (Å²) in [4.78, 5) is 12.9. The third-order valence-electron chi connectivity index (χ3n) is 2.08. The molecule has 1 rings (SSSR count). The second-order valence-corrected chi connectivity index (χ2v) is 3.92. The third-order valence-corrected chi connectivity index (χ3v) is 2.08. The Bertz CT molecular complexity index is 236. The van der Waals surface area contributed by atoms with Crippen molar-refractivity contribution in [2.45, 2.75) is 19.4 Å². The Morgan fingerprint density at radius 1 is 1.57 bits per heavy atom.